The number of nitro groups is 1. The van der Waals surface area contributed by atoms with Crippen LogP contribution in [0.3, 0.4) is 0 Å². The predicted octanol–water partition coefficient (Wildman–Crippen LogP) is 3.14. The highest BCUT2D eigenvalue weighted by Crippen LogP contribution is 2.32. The maximum absolute atomic E-state index is 12.9. The molecule has 4 rings (SSSR count). The number of carbonyl (C=O) groups is 1. The first-order valence-corrected chi connectivity index (χ1v) is 9.79. The van der Waals surface area contributed by atoms with E-state index in [4.69, 9.17) is 4.74 Å². The van der Waals surface area contributed by atoms with Gasteiger partial charge in [0.15, 0.2) is 0 Å². The fourth-order valence-electron chi connectivity index (χ4n) is 3.61. The van der Waals surface area contributed by atoms with Crippen molar-refractivity contribution in [2.24, 2.45) is 0 Å². The number of anilines is 2. The molecule has 2 aliphatic rings. The van der Waals surface area contributed by atoms with Gasteiger partial charge in [-0.1, -0.05) is 12.1 Å². The molecular formula is C21H24N4O4. The first kappa shape index (κ1) is 19.0. The minimum absolute atomic E-state index is 0.0459. The van der Waals surface area contributed by atoms with Crippen molar-refractivity contribution < 1.29 is 14.5 Å². The van der Waals surface area contributed by atoms with E-state index in [2.05, 4.69) is 10.2 Å². The number of para-hydroxylation sites is 2. The number of amides is 1. The maximum atomic E-state index is 12.9. The van der Waals surface area contributed by atoms with Gasteiger partial charge in [0.25, 0.3) is 11.6 Å². The molecule has 1 aliphatic carbocycles. The molecule has 0 spiro atoms. The number of methoxy groups -OCH3 is 1. The number of nitro benzene ring substituents is 1. The van der Waals surface area contributed by atoms with Crippen molar-refractivity contribution in [3.63, 3.8) is 0 Å². The molecule has 0 radical (unpaired) electrons. The van der Waals surface area contributed by atoms with Crippen molar-refractivity contribution >= 4 is 23.0 Å². The molecule has 1 amide bonds. The lowest BCUT2D eigenvalue weighted by Gasteiger charge is -2.36. The molecule has 1 saturated heterocycles. The van der Waals surface area contributed by atoms with E-state index in [-0.39, 0.29) is 11.6 Å². The predicted molar refractivity (Wildman–Crippen MR) is 111 cm³/mol. The zero-order chi connectivity index (χ0) is 20.4. The first-order valence-electron chi connectivity index (χ1n) is 9.79. The van der Waals surface area contributed by atoms with Crippen molar-refractivity contribution in [2.75, 3.05) is 43.5 Å². The molecular weight excluding hydrogens is 372 g/mol. The summed E-state index contributed by atoms with van der Waals surface area (Å²) in [6, 6.07) is 12.8. The van der Waals surface area contributed by atoms with Crippen LogP contribution in [0.25, 0.3) is 0 Å². The SMILES string of the molecule is COc1ccccc1N1CCN(C(=O)c2ccc(NC3CC3)c([N+](=O)[O-])c2)CC1. The summed E-state index contributed by atoms with van der Waals surface area (Å²) in [4.78, 5) is 27.9. The van der Waals surface area contributed by atoms with Gasteiger partial charge in [0.1, 0.15) is 11.4 Å². The molecule has 1 N–H and O–H groups in total. The molecule has 2 aromatic carbocycles. The lowest BCUT2D eigenvalue weighted by Crippen LogP contribution is -2.48. The molecule has 8 heteroatoms. The van der Waals surface area contributed by atoms with Crippen LogP contribution >= 0.6 is 0 Å². The van der Waals surface area contributed by atoms with Crippen LogP contribution in [-0.4, -0.2) is 55.1 Å². The van der Waals surface area contributed by atoms with E-state index >= 15 is 0 Å². The normalized spacial score (nSPS) is 16.4. The Bertz CT molecular complexity index is 921. The van der Waals surface area contributed by atoms with E-state index in [0.29, 0.717) is 43.5 Å². The molecule has 29 heavy (non-hydrogen) atoms. The van der Waals surface area contributed by atoms with Crippen LogP contribution in [-0.2, 0) is 0 Å². The second kappa shape index (κ2) is 7.98. The van der Waals surface area contributed by atoms with E-state index in [1.165, 1.54) is 6.07 Å². The third kappa shape index (κ3) is 4.11. The van der Waals surface area contributed by atoms with Gasteiger partial charge in [0.05, 0.1) is 17.7 Å². The summed E-state index contributed by atoms with van der Waals surface area (Å²) in [6.07, 6.45) is 2.04. The third-order valence-corrected chi connectivity index (χ3v) is 5.37. The Morgan fingerprint density at radius 2 is 1.86 bits per heavy atom. The number of nitrogens with zero attached hydrogens (tertiary/aromatic N) is 3. The van der Waals surface area contributed by atoms with E-state index in [1.54, 1.807) is 24.1 Å². The Kier molecular flexibility index (Phi) is 5.24. The molecule has 8 nitrogen and oxygen atoms in total. The van der Waals surface area contributed by atoms with Crippen LogP contribution in [0.5, 0.6) is 5.75 Å². The number of ether oxygens (including phenoxy) is 1. The molecule has 0 bridgehead atoms. The number of rotatable bonds is 6. The van der Waals surface area contributed by atoms with Crippen LogP contribution in [0, 0.1) is 10.1 Å². The average Bonchev–Trinajstić information content (AvgIpc) is 3.57. The fourth-order valence-corrected chi connectivity index (χ4v) is 3.61. The number of nitrogens with one attached hydrogen (secondary N) is 1. The number of carbonyl (C=O) groups excluding carboxylic acids is 1. The lowest BCUT2D eigenvalue weighted by molar-refractivity contribution is -0.384. The largest absolute Gasteiger partial charge is 0.495 e. The van der Waals surface area contributed by atoms with Crippen LogP contribution in [0.4, 0.5) is 17.1 Å². The summed E-state index contributed by atoms with van der Waals surface area (Å²) in [7, 11) is 1.65. The minimum atomic E-state index is -0.429. The van der Waals surface area contributed by atoms with E-state index in [1.807, 2.05) is 24.3 Å². The van der Waals surface area contributed by atoms with Crippen LogP contribution in [0.1, 0.15) is 23.2 Å². The number of hydrogen-bond acceptors (Lipinski definition) is 6. The second-order valence-electron chi connectivity index (χ2n) is 7.36. The molecule has 0 aromatic heterocycles. The summed E-state index contributed by atoms with van der Waals surface area (Å²) < 4.78 is 5.43. The molecule has 0 unspecified atom stereocenters. The number of hydrogen-bond donors (Lipinski definition) is 1. The van der Waals surface area contributed by atoms with Gasteiger partial charge in [0, 0.05) is 43.9 Å². The topological polar surface area (TPSA) is 88.0 Å². The zero-order valence-electron chi connectivity index (χ0n) is 16.3. The summed E-state index contributed by atoms with van der Waals surface area (Å²) in [5, 5.41) is 14.6. The molecule has 1 aliphatic heterocycles. The zero-order valence-corrected chi connectivity index (χ0v) is 16.3. The van der Waals surface area contributed by atoms with Gasteiger partial charge in [-0.2, -0.15) is 0 Å². The van der Waals surface area contributed by atoms with Gasteiger partial charge in [-0.05, 0) is 37.1 Å². The molecule has 0 atom stereocenters. The molecule has 152 valence electrons. The van der Waals surface area contributed by atoms with Crippen molar-refractivity contribution in [1.82, 2.24) is 4.90 Å². The second-order valence-corrected chi connectivity index (χ2v) is 7.36. The smallest absolute Gasteiger partial charge is 0.293 e. The first-order chi connectivity index (χ1) is 14.1. The van der Waals surface area contributed by atoms with Crippen molar-refractivity contribution in [3.05, 3.63) is 58.1 Å². The van der Waals surface area contributed by atoms with Gasteiger partial charge in [-0.15, -0.1) is 0 Å². The lowest BCUT2D eigenvalue weighted by atomic mass is 10.1. The van der Waals surface area contributed by atoms with Crippen molar-refractivity contribution in [2.45, 2.75) is 18.9 Å². The van der Waals surface area contributed by atoms with Crippen molar-refractivity contribution in [3.8, 4) is 5.75 Å². The Hall–Kier alpha value is -3.29. The summed E-state index contributed by atoms with van der Waals surface area (Å²) in [5.41, 5.74) is 1.79. The number of benzene rings is 2. The highest BCUT2D eigenvalue weighted by atomic mass is 16.6. The van der Waals surface area contributed by atoms with Crippen LogP contribution in [0.2, 0.25) is 0 Å². The van der Waals surface area contributed by atoms with Crippen LogP contribution in [0.15, 0.2) is 42.5 Å². The van der Waals surface area contributed by atoms with E-state index in [9.17, 15) is 14.9 Å². The summed E-state index contributed by atoms with van der Waals surface area (Å²) in [6.45, 7) is 2.45. The number of piperazine rings is 1. The Morgan fingerprint density at radius 1 is 1.14 bits per heavy atom. The van der Waals surface area contributed by atoms with E-state index in [0.717, 1.165) is 24.3 Å². The third-order valence-electron chi connectivity index (χ3n) is 5.37. The molecule has 2 fully saturated rings. The maximum Gasteiger partial charge on any atom is 0.293 e. The Balaban J connectivity index is 1.45. The highest BCUT2D eigenvalue weighted by Gasteiger charge is 2.28. The van der Waals surface area contributed by atoms with Gasteiger partial charge >= 0.3 is 0 Å². The Labute approximate surface area is 169 Å². The monoisotopic (exact) mass is 396 g/mol. The van der Waals surface area contributed by atoms with Crippen LogP contribution < -0.4 is 15.0 Å². The standard InChI is InChI=1S/C21H24N4O4/c1-29-20-5-3-2-4-18(20)23-10-12-24(13-11-23)21(26)15-6-9-17(22-16-7-8-16)19(14-15)25(27)28/h2-6,9,14,16,22H,7-8,10-13H2,1H3. The quantitative estimate of drug-likeness (QED) is 0.596. The summed E-state index contributed by atoms with van der Waals surface area (Å²) in [5.74, 6) is 0.632. The molecule has 1 heterocycles. The highest BCUT2D eigenvalue weighted by molar-refractivity contribution is 5.96. The molecule has 2 aromatic rings. The molecule has 1 saturated carbocycles. The van der Waals surface area contributed by atoms with Gasteiger partial charge < -0.3 is 19.9 Å². The van der Waals surface area contributed by atoms with Gasteiger partial charge in [-0.3, -0.25) is 14.9 Å². The Morgan fingerprint density at radius 3 is 2.52 bits per heavy atom. The van der Waals surface area contributed by atoms with Crippen molar-refractivity contribution in [1.29, 1.82) is 0 Å². The van der Waals surface area contributed by atoms with Gasteiger partial charge in [-0.25, -0.2) is 0 Å². The van der Waals surface area contributed by atoms with Gasteiger partial charge in [0.2, 0.25) is 0 Å². The summed E-state index contributed by atoms with van der Waals surface area (Å²) >= 11 is 0. The average molecular weight is 396 g/mol. The fraction of sp³-hybridized carbons (Fsp3) is 0.381. The van der Waals surface area contributed by atoms with E-state index < -0.39 is 4.92 Å². The minimum Gasteiger partial charge on any atom is -0.495 e.